The van der Waals surface area contributed by atoms with Crippen molar-refractivity contribution in [3.8, 4) is 11.1 Å². The van der Waals surface area contributed by atoms with Crippen molar-refractivity contribution in [2.24, 2.45) is 13.0 Å². The fourth-order valence-corrected chi connectivity index (χ4v) is 3.76. The minimum atomic E-state index is -0.00479. The van der Waals surface area contributed by atoms with Gasteiger partial charge in [-0.15, -0.1) is 0 Å². The highest BCUT2D eigenvalue weighted by atomic mass is 16.2. The quantitative estimate of drug-likeness (QED) is 0.697. The Bertz CT molecular complexity index is 1030. The van der Waals surface area contributed by atoms with Gasteiger partial charge in [0, 0.05) is 50.1 Å². The van der Waals surface area contributed by atoms with Crippen molar-refractivity contribution in [2.45, 2.75) is 26.2 Å². The number of ketones is 1. The highest BCUT2D eigenvalue weighted by molar-refractivity contribution is 5.87. The average molecular weight is 377 g/mol. The Morgan fingerprint density at radius 3 is 2.57 bits per heavy atom. The molecule has 2 aromatic heterocycles. The summed E-state index contributed by atoms with van der Waals surface area (Å²) in [5, 5.41) is 13.7. The molecule has 144 valence electrons. The first kappa shape index (κ1) is 18.3. The Morgan fingerprint density at radius 2 is 1.89 bits per heavy atom. The van der Waals surface area contributed by atoms with Gasteiger partial charge < -0.3 is 4.90 Å². The number of hydrogen-bond acceptors (Lipinski definition) is 5. The number of nitrogens with zero attached hydrogens (tertiary/aromatic N) is 5. The predicted octanol–water partition coefficient (Wildman–Crippen LogP) is 2.40. The molecular formula is C21H23N5O2. The number of Topliss-reactive ketones (excluding diaryl/α,β-unsaturated/α-hetero) is 1. The van der Waals surface area contributed by atoms with Crippen LogP contribution >= 0.6 is 0 Å². The van der Waals surface area contributed by atoms with Gasteiger partial charge >= 0.3 is 0 Å². The van der Waals surface area contributed by atoms with E-state index >= 15 is 0 Å². The standard InChI is InChI=1S/C21H23N5O2/c1-14(27)26-7-5-15(6-8-26)21(28)11-19-10-17-9-16(3-4-20(17)24-23-19)18-12-22-25(2)13-18/h3-4,9-10,12-13,15H,5-8,11H2,1-2H3. The Labute approximate surface area is 163 Å². The third-order valence-electron chi connectivity index (χ3n) is 5.43. The number of benzene rings is 1. The Morgan fingerprint density at radius 1 is 1.11 bits per heavy atom. The second-order valence-electron chi connectivity index (χ2n) is 7.44. The molecule has 0 spiro atoms. The van der Waals surface area contributed by atoms with Crippen LogP contribution in [0.4, 0.5) is 0 Å². The van der Waals surface area contributed by atoms with E-state index in [1.54, 1.807) is 16.5 Å². The molecule has 0 aliphatic carbocycles. The number of aromatic nitrogens is 4. The summed E-state index contributed by atoms with van der Waals surface area (Å²) < 4.78 is 1.77. The van der Waals surface area contributed by atoms with Gasteiger partial charge in [-0.3, -0.25) is 14.3 Å². The summed E-state index contributed by atoms with van der Waals surface area (Å²) in [7, 11) is 1.89. The van der Waals surface area contributed by atoms with E-state index in [1.165, 1.54) is 0 Å². The molecule has 0 bridgehead atoms. The summed E-state index contributed by atoms with van der Waals surface area (Å²) in [5.74, 6) is 0.255. The molecule has 1 aliphatic rings. The molecule has 0 radical (unpaired) electrons. The summed E-state index contributed by atoms with van der Waals surface area (Å²) in [6, 6.07) is 7.94. The topological polar surface area (TPSA) is 81.0 Å². The highest BCUT2D eigenvalue weighted by Crippen LogP contribution is 2.24. The van der Waals surface area contributed by atoms with Gasteiger partial charge in [0.2, 0.25) is 5.91 Å². The number of carbonyl (C=O) groups is 2. The molecule has 28 heavy (non-hydrogen) atoms. The van der Waals surface area contributed by atoms with Crippen molar-refractivity contribution in [3.63, 3.8) is 0 Å². The Kier molecular flexibility index (Phi) is 4.90. The van der Waals surface area contributed by atoms with E-state index in [1.807, 2.05) is 37.6 Å². The summed E-state index contributed by atoms with van der Waals surface area (Å²) in [6.45, 7) is 2.89. The SMILES string of the molecule is CC(=O)N1CCC(C(=O)Cc2cc3cc(-c4cnn(C)c4)ccc3nn2)CC1. The molecule has 1 saturated heterocycles. The molecular weight excluding hydrogens is 354 g/mol. The van der Waals surface area contributed by atoms with Crippen molar-refractivity contribution in [3.05, 3.63) is 42.4 Å². The van der Waals surface area contributed by atoms with Crippen LogP contribution in [-0.4, -0.2) is 49.7 Å². The average Bonchev–Trinajstić information content (AvgIpc) is 3.14. The minimum absolute atomic E-state index is 0.00479. The summed E-state index contributed by atoms with van der Waals surface area (Å²) >= 11 is 0. The summed E-state index contributed by atoms with van der Waals surface area (Å²) in [5.41, 5.74) is 3.59. The third kappa shape index (κ3) is 3.78. The molecule has 1 amide bonds. The number of carbonyl (C=O) groups excluding carboxylic acids is 2. The van der Waals surface area contributed by atoms with Gasteiger partial charge in [0.05, 0.1) is 23.8 Å². The monoisotopic (exact) mass is 377 g/mol. The van der Waals surface area contributed by atoms with Crippen LogP contribution in [0.1, 0.15) is 25.5 Å². The van der Waals surface area contributed by atoms with Crippen LogP contribution < -0.4 is 0 Å². The first-order valence-corrected chi connectivity index (χ1v) is 9.53. The smallest absolute Gasteiger partial charge is 0.219 e. The zero-order chi connectivity index (χ0) is 19.7. The van der Waals surface area contributed by atoms with E-state index < -0.39 is 0 Å². The first-order valence-electron chi connectivity index (χ1n) is 9.53. The summed E-state index contributed by atoms with van der Waals surface area (Å²) in [4.78, 5) is 25.9. The Balaban J connectivity index is 1.49. The lowest BCUT2D eigenvalue weighted by Crippen LogP contribution is -2.39. The van der Waals surface area contributed by atoms with E-state index in [0.717, 1.165) is 34.9 Å². The van der Waals surface area contributed by atoms with Crippen LogP contribution in [0.25, 0.3) is 22.0 Å². The molecule has 0 atom stereocenters. The Hall–Kier alpha value is -3.09. The first-order chi connectivity index (χ1) is 13.5. The van der Waals surface area contributed by atoms with Crippen LogP contribution in [0.5, 0.6) is 0 Å². The zero-order valence-corrected chi connectivity index (χ0v) is 16.1. The van der Waals surface area contributed by atoms with Crippen LogP contribution in [-0.2, 0) is 23.1 Å². The van der Waals surface area contributed by atoms with Crippen molar-refractivity contribution >= 4 is 22.6 Å². The molecule has 0 unspecified atom stereocenters. The molecule has 1 aliphatic heterocycles. The highest BCUT2D eigenvalue weighted by Gasteiger charge is 2.26. The normalized spacial score (nSPS) is 15.1. The van der Waals surface area contributed by atoms with E-state index in [9.17, 15) is 9.59 Å². The van der Waals surface area contributed by atoms with Crippen molar-refractivity contribution < 1.29 is 9.59 Å². The number of likely N-dealkylation sites (tertiary alicyclic amines) is 1. The van der Waals surface area contributed by atoms with E-state index in [-0.39, 0.29) is 24.0 Å². The van der Waals surface area contributed by atoms with Crippen LogP contribution in [0.3, 0.4) is 0 Å². The van der Waals surface area contributed by atoms with Gasteiger partial charge in [-0.05, 0) is 36.6 Å². The van der Waals surface area contributed by atoms with Crippen molar-refractivity contribution in [2.75, 3.05) is 13.1 Å². The number of rotatable bonds is 4. The van der Waals surface area contributed by atoms with Gasteiger partial charge in [0.15, 0.2) is 0 Å². The van der Waals surface area contributed by atoms with Crippen molar-refractivity contribution in [1.82, 2.24) is 24.9 Å². The van der Waals surface area contributed by atoms with Gasteiger partial charge in [-0.2, -0.15) is 15.3 Å². The number of hydrogen-bond donors (Lipinski definition) is 0. The third-order valence-corrected chi connectivity index (χ3v) is 5.43. The molecule has 7 heteroatoms. The number of amides is 1. The van der Waals surface area contributed by atoms with E-state index in [0.29, 0.717) is 18.8 Å². The van der Waals surface area contributed by atoms with Crippen LogP contribution in [0.2, 0.25) is 0 Å². The van der Waals surface area contributed by atoms with Crippen molar-refractivity contribution in [1.29, 1.82) is 0 Å². The number of fused-ring (bicyclic) bond motifs is 1. The van der Waals surface area contributed by atoms with E-state index in [2.05, 4.69) is 21.4 Å². The molecule has 3 aromatic rings. The lowest BCUT2D eigenvalue weighted by molar-refractivity contribution is -0.133. The molecule has 0 saturated carbocycles. The second-order valence-corrected chi connectivity index (χ2v) is 7.44. The van der Waals surface area contributed by atoms with Gasteiger partial charge in [-0.1, -0.05) is 6.07 Å². The molecule has 3 heterocycles. The van der Waals surface area contributed by atoms with E-state index in [4.69, 9.17) is 0 Å². The molecule has 4 rings (SSSR count). The van der Waals surface area contributed by atoms with Crippen LogP contribution in [0, 0.1) is 5.92 Å². The summed E-state index contributed by atoms with van der Waals surface area (Å²) in [6.07, 6.45) is 5.53. The zero-order valence-electron chi connectivity index (χ0n) is 16.1. The maximum Gasteiger partial charge on any atom is 0.219 e. The molecule has 0 N–H and O–H groups in total. The van der Waals surface area contributed by atoms with Gasteiger partial charge in [0.1, 0.15) is 5.78 Å². The van der Waals surface area contributed by atoms with Gasteiger partial charge in [-0.25, -0.2) is 0 Å². The predicted molar refractivity (Wildman–Crippen MR) is 105 cm³/mol. The molecule has 7 nitrogen and oxygen atoms in total. The lowest BCUT2D eigenvalue weighted by Gasteiger charge is -2.30. The number of piperidine rings is 1. The number of aryl methyl sites for hydroxylation is 1. The maximum atomic E-state index is 12.7. The second kappa shape index (κ2) is 7.50. The van der Waals surface area contributed by atoms with Gasteiger partial charge in [0.25, 0.3) is 0 Å². The largest absolute Gasteiger partial charge is 0.343 e. The molecule has 1 aromatic carbocycles. The fraction of sp³-hybridized carbons (Fsp3) is 0.381. The lowest BCUT2D eigenvalue weighted by atomic mass is 9.90. The molecule has 1 fully saturated rings. The fourth-order valence-electron chi connectivity index (χ4n) is 3.76. The maximum absolute atomic E-state index is 12.7. The minimum Gasteiger partial charge on any atom is -0.343 e. The van der Waals surface area contributed by atoms with Crippen LogP contribution in [0.15, 0.2) is 36.7 Å².